The van der Waals surface area contributed by atoms with Gasteiger partial charge in [-0.15, -0.1) is 0 Å². The van der Waals surface area contributed by atoms with Crippen LogP contribution in [0.5, 0.6) is 0 Å². The van der Waals surface area contributed by atoms with Crippen molar-refractivity contribution in [3.63, 3.8) is 0 Å². The van der Waals surface area contributed by atoms with Gasteiger partial charge in [0.1, 0.15) is 22.3 Å². The Morgan fingerprint density at radius 1 is 0.274 bits per heavy atom. The Morgan fingerprint density at radius 2 is 0.597 bits per heavy atom. The molecule has 0 atom stereocenters. The monoisotopic (exact) mass is 804 g/mol. The van der Waals surface area contributed by atoms with E-state index in [1.54, 1.807) is 0 Å². The molecule has 0 radical (unpaired) electrons. The summed E-state index contributed by atoms with van der Waals surface area (Å²) in [6.07, 6.45) is 0. The second-order valence-corrected chi connectivity index (χ2v) is 17.6. The van der Waals surface area contributed by atoms with Crippen LogP contribution in [0, 0.1) is 55.4 Å². The van der Waals surface area contributed by atoms with Crippen molar-refractivity contribution in [2.45, 2.75) is 55.4 Å². The van der Waals surface area contributed by atoms with Crippen molar-refractivity contribution in [3.8, 4) is 0 Å². The number of benzene rings is 9. The Bertz CT molecular complexity index is 3300. The molecule has 0 amide bonds. The summed E-state index contributed by atoms with van der Waals surface area (Å²) < 4.78 is 13.3. The van der Waals surface area contributed by atoms with E-state index in [9.17, 15) is 0 Å². The van der Waals surface area contributed by atoms with Crippen molar-refractivity contribution in [2.24, 2.45) is 0 Å². The maximum Gasteiger partial charge on any atom is 0.139 e. The number of nitrogens with zero attached hydrogens (tertiary/aromatic N) is 2. The van der Waals surface area contributed by atoms with Crippen molar-refractivity contribution in [1.82, 2.24) is 0 Å². The highest BCUT2D eigenvalue weighted by Crippen LogP contribution is 2.44. The predicted octanol–water partition coefficient (Wildman–Crippen LogP) is 17.2. The second kappa shape index (κ2) is 14.1. The van der Waals surface area contributed by atoms with E-state index in [1.807, 2.05) is 0 Å². The fourth-order valence-electron chi connectivity index (χ4n) is 9.83. The fraction of sp³-hybridized carbons (Fsp3) is 0.138. The predicted molar refractivity (Wildman–Crippen MR) is 263 cm³/mol. The number of anilines is 6. The first-order valence-electron chi connectivity index (χ1n) is 21.6. The zero-order valence-corrected chi connectivity index (χ0v) is 36.6. The van der Waals surface area contributed by atoms with Crippen molar-refractivity contribution in [1.29, 1.82) is 0 Å². The van der Waals surface area contributed by atoms with Crippen LogP contribution in [0.2, 0.25) is 0 Å². The molecule has 4 heteroatoms. The topological polar surface area (TPSA) is 32.8 Å². The van der Waals surface area contributed by atoms with Gasteiger partial charge >= 0.3 is 0 Å². The number of rotatable bonds is 6. The maximum absolute atomic E-state index is 6.66. The molecule has 2 aromatic heterocycles. The Hall–Kier alpha value is -7.30. The Morgan fingerprint density at radius 3 is 0.935 bits per heavy atom. The minimum Gasteiger partial charge on any atom is -0.456 e. The van der Waals surface area contributed by atoms with E-state index in [2.05, 4.69) is 211 Å². The van der Waals surface area contributed by atoms with Gasteiger partial charge in [0.25, 0.3) is 0 Å². The van der Waals surface area contributed by atoms with Gasteiger partial charge in [-0.05, 0) is 178 Å². The molecule has 62 heavy (non-hydrogen) atoms. The van der Waals surface area contributed by atoms with Crippen LogP contribution in [0.1, 0.15) is 44.5 Å². The minimum atomic E-state index is 0.818. The fourth-order valence-corrected chi connectivity index (χ4v) is 9.83. The first kappa shape index (κ1) is 37.7. The van der Waals surface area contributed by atoms with Gasteiger partial charge in [-0.3, -0.25) is 0 Å². The molecule has 0 unspecified atom stereocenters. The third-order valence-corrected chi connectivity index (χ3v) is 12.8. The van der Waals surface area contributed by atoms with Gasteiger partial charge in [0.05, 0.1) is 0 Å². The van der Waals surface area contributed by atoms with Gasteiger partial charge in [0.2, 0.25) is 0 Å². The molecule has 9 aromatic carbocycles. The summed E-state index contributed by atoms with van der Waals surface area (Å²) in [6.45, 7) is 17.4. The SMILES string of the molecule is Cc1ccc(N(c2ccc3cc4c(cc3c2)oc2cc3oc5cc6cc(N(c7ccc(C)cc7C)c7ccc(C)cc7C)ccc6cc5c3cc24)c2ccc(C)cc2C)c(C)c1. The van der Waals surface area contributed by atoms with Gasteiger partial charge in [0, 0.05) is 61.7 Å². The molecular weight excluding hydrogens is 757 g/mol. The normalized spacial score (nSPS) is 11.9. The van der Waals surface area contributed by atoms with Crippen LogP contribution < -0.4 is 9.80 Å². The highest BCUT2D eigenvalue weighted by atomic mass is 16.3. The average Bonchev–Trinajstić information content (AvgIpc) is 3.76. The molecule has 0 saturated carbocycles. The van der Waals surface area contributed by atoms with Crippen LogP contribution in [-0.4, -0.2) is 0 Å². The van der Waals surface area contributed by atoms with Crippen molar-refractivity contribution in [2.75, 3.05) is 9.80 Å². The van der Waals surface area contributed by atoms with E-state index in [0.717, 1.165) is 66.0 Å². The minimum absolute atomic E-state index is 0.818. The Kier molecular flexibility index (Phi) is 8.59. The molecule has 2 heterocycles. The molecule has 0 aliphatic carbocycles. The quantitative estimate of drug-likeness (QED) is 0.168. The summed E-state index contributed by atoms with van der Waals surface area (Å²) in [5, 5.41) is 8.95. The van der Waals surface area contributed by atoms with Crippen molar-refractivity contribution < 1.29 is 8.83 Å². The molecule has 0 fully saturated rings. The third kappa shape index (κ3) is 6.20. The van der Waals surface area contributed by atoms with E-state index in [4.69, 9.17) is 8.83 Å². The first-order chi connectivity index (χ1) is 29.9. The van der Waals surface area contributed by atoms with Crippen LogP contribution in [0.3, 0.4) is 0 Å². The molecule has 0 N–H and O–H groups in total. The number of furan rings is 2. The number of hydrogen-bond donors (Lipinski definition) is 0. The van der Waals surface area contributed by atoms with Crippen LogP contribution in [0.25, 0.3) is 65.4 Å². The standard InChI is InChI=1S/C58H48N2O2/c1-33-9-17-51(37(5)21-33)59(52-18-10-34(2)22-38(52)6)45-15-13-41-27-47-49-31-50-48-28-42-14-16-46(60(53-19-11-35(3)23-39(53)7)54-20-12-36(4)24-40(54)8)26-44(42)30-56(48)62-58(50)32-57(49)61-55(47)29-43(41)25-45/h9-32H,1-8H3. The molecule has 0 spiro atoms. The highest BCUT2D eigenvalue weighted by molar-refractivity contribution is 6.18. The molecule has 0 bridgehead atoms. The van der Waals surface area contributed by atoms with Gasteiger partial charge < -0.3 is 18.6 Å². The number of aryl methyl sites for hydroxylation is 8. The van der Waals surface area contributed by atoms with E-state index in [1.165, 1.54) is 78.0 Å². The Labute approximate surface area is 362 Å². The third-order valence-electron chi connectivity index (χ3n) is 12.8. The average molecular weight is 805 g/mol. The van der Waals surface area contributed by atoms with E-state index < -0.39 is 0 Å². The smallest absolute Gasteiger partial charge is 0.139 e. The van der Waals surface area contributed by atoms with Crippen LogP contribution in [0.4, 0.5) is 34.1 Å². The maximum atomic E-state index is 6.66. The summed E-state index contributed by atoms with van der Waals surface area (Å²) in [6, 6.07) is 53.6. The second-order valence-electron chi connectivity index (χ2n) is 17.6. The molecule has 0 saturated heterocycles. The molecule has 11 rings (SSSR count). The lowest BCUT2D eigenvalue weighted by atomic mass is 10.0. The summed E-state index contributed by atoms with van der Waals surface area (Å²) in [7, 11) is 0. The first-order valence-corrected chi connectivity index (χ1v) is 21.6. The lowest BCUT2D eigenvalue weighted by Gasteiger charge is -2.29. The highest BCUT2D eigenvalue weighted by Gasteiger charge is 2.21. The van der Waals surface area contributed by atoms with E-state index in [0.29, 0.717) is 0 Å². The van der Waals surface area contributed by atoms with Gasteiger partial charge in [-0.25, -0.2) is 0 Å². The van der Waals surface area contributed by atoms with Gasteiger partial charge in [0.15, 0.2) is 0 Å². The van der Waals surface area contributed by atoms with Gasteiger partial charge in [-0.1, -0.05) is 82.9 Å². The molecule has 0 aliphatic rings. The largest absolute Gasteiger partial charge is 0.456 e. The summed E-state index contributed by atoms with van der Waals surface area (Å²) in [5.74, 6) is 0. The van der Waals surface area contributed by atoms with Gasteiger partial charge in [-0.2, -0.15) is 0 Å². The van der Waals surface area contributed by atoms with Crippen LogP contribution in [0.15, 0.2) is 154 Å². The van der Waals surface area contributed by atoms with Crippen LogP contribution >= 0.6 is 0 Å². The van der Waals surface area contributed by atoms with Crippen molar-refractivity contribution in [3.05, 3.63) is 190 Å². The number of fused-ring (bicyclic) bond motifs is 8. The number of hydrogen-bond acceptors (Lipinski definition) is 4. The molecule has 0 aliphatic heterocycles. The molecular formula is C58H48N2O2. The van der Waals surface area contributed by atoms with Crippen LogP contribution in [-0.2, 0) is 0 Å². The zero-order chi connectivity index (χ0) is 42.6. The lowest BCUT2D eigenvalue weighted by Crippen LogP contribution is -2.13. The summed E-state index contributed by atoms with van der Waals surface area (Å²) in [5.41, 5.74) is 20.2. The zero-order valence-electron chi connectivity index (χ0n) is 36.6. The van der Waals surface area contributed by atoms with Crippen molar-refractivity contribution >= 4 is 99.5 Å². The summed E-state index contributed by atoms with van der Waals surface area (Å²) in [4.78, 5) is 4.78. The lowest BCUT2D eigenvalue weighted by molar-refractivity contribution is 0.656. The summed E-state index contributed by atoms with van der Waals surface area (Å²) >= 11 is 0. The molecule has 11 aromatic rings. The van der Waals surface area contributed by atoms with E-state index >= 15 is 0 Å². The van der Waals surface area contributed by atoms with E-state index in [-0.39, 0.29) is 0 Å². The Balaban J connectivity index is 1.01. The molecule has 302 valence electrons. The molecule has 4 nitrogen and oxygen atoms in total.